The summed E-state index contributed by atoms with van der Waals surface area (Å²) in [6.45, 7) is 0.543. The zero-order valence-electron chi connectivity index (χ0n) is 15.6. The third-order valence-electron chi connectivity index (χ3n) is 4.40. The van der Waals surface area contributed by atoms with Crippen LogP contribution in [0.4, 0.5) is 11.5 Å². The molecule has 1 aromatic carbocycles. The largest absolute Gasteiger partial charge is 0.472 e. The van der Waals surface area contributed by atoms with Crippen molar-refractivity contribution in [1.82, 2.24) is 14.5 Å². The number of non-ortho nitro benzene ring substituents is 1. The summed E-state index contributed by atoms with van der Waals surface area (Å²) in [7, 11) is -0.0521. The van der Waals surface area contributed by atoms with E-state index in [2.05, 4.69) is 10.2 Å². The summed E-state index contributed by atoms with van der Waals surface area (Å²) >= 11 is 0. The van der Waals surface area contributed by atoms with Crippen LogP contribution < -0.4 is 9.64 Å². The van der Waals surface area contributed by atoms with E-state index in [0.29, 0.717) is 31.1 Å². The molecule has 1 aliphatic heterocycles. The number of hydrogen-bond acceptors (Lipinski definition) is 8. The summed E-state index contributed by atoms with van der Waals surface area (Å²) in [5, 5.41) is 18.8. The van der Waals surface area contributed by atoms with Gasteiger partial charge in [-0.2, -0.15) is 4.31 Å². The lowest BCUT2D eigenvalue weighted by molar-refractivity contribution is -0.384. The van der Waals surface area contributed by atoms with E-state index in [4.69, 9.17) is 4.74 Å². The number of hydrogen-bond donors (Lipinski definition) is 0. The highest BCUT2D eigenvalue weighted by atomic mass is 32.2. The van der Waals surface area contributed by atoms with Crippen LogP contribution in [0.25, 0.3) is 0 Å². The Hall–Kier alpha value is -2.79. The molecule has 11 heteroatoms. The maximum Gasteiger partial charge on any atom is 0.269 e. The quantitative estimate of drug-likeness (QED) is 0.524. The Labute approximate surface area is 162 Å². The van der Waals surface area contributed by atoms with Gasteiger partial charge < -0.3 is 9.64 Å². The van der Waals surface area contributed by atoms with E-state index in [1.165, 1.54) is 28.6 Å². The first-order valence-corrected chi connectivity index (χ1v) is 10.1. The average molecular weight is 407 g/mol. The molecule has 2 aromatic rings. The predicted octanol–water partition coefficient (Wildman–Crippen LogP) is 1.68. The Morgan fingerprint density at radius 2 is 1.89 bits per heavy atom. The molecule has 1 fully saturated rings. The number of anilines is 1. The summed E-state index contributed by atoms with van der Waals surface area (Å²) in [5.74, 6) is 1.03. The third kappa shape index (κ3) is 4.37. The van der Waals surface area contributed by atoms with Crippen molar-refractivity contribution < 1.29 is 18.1 Å². The molecule has 0 radical (unpaired) electrons. The van der Waals surface area contributed by atoms with Gasteiger partial charge in [0.05, 0.1) is 16.4 Å². The van der Waals surface area contributed by atoms with Gasteiger partial charge in [0.15, 0.2) is 5.82 Å². The second-order valence-corrected chi connectivity index (χ2v) is 8.56. The molecule has 0 aliphatic carbocycles. The normalized spacial score (nSPS) is 17.9. The average Bonchev–Trinajstić information content (AvgIpc) is 2.68. The van der Waals surface area contributed by atoms with E-state index in [0.717, 1.165) is 0 Å². The molecule has 1 aliphatic rings. The van der Waals surface area contributed by atoms with Crippen molar-refractivity contribution in [3.05, 3.63) is 46.5 Å². The van der Waals surface area contributed by atoms with Gasteiger partial charge >= 0.3 is 0 Å². The first kappa shape index (κ1) is 20.0. The van der Waals surface area contributed by atoms with Crippen LogP contribution in [0.2, 0.25) is 0 Å². The summed E-state index contributed by atoms with van der Waals surface area (Å²) in [4.78, 5) is 12.0. The van der Waals surface area contributed by atoms with E-state index >= 15 is 0 Å². The van der Waals surface area contributed by atoms with Crippen molar-refractivity contribution in [2.24, 2.45) is 0 Å². The van der Waals surface area contributed by atoms with Crippen LogP contribution >= 0.6 is 0 Å². The number of nitrogens with zero attached hydrogens (tertiary/aromatic N) is 5. The van der Waals surface area contributed by atoms with Gasteiger partial charge in [-0.3, -0.25) is 10.1 Å². The van der Waals surface area contributed by atoms with E-state index in [9.17, 15) is 18.5 Å². The van der Waals surface area contributed by atoms with Gasteiger partial charge in [0.25, 0.3) is 5.69 Å². The second-order valence-electron chi connectivity index (χ2n) is 6.62. The topological polar surface area (TPSA) is 119 Å². The van der Waals surface area contributed by atoms with Crippen molar-refractivity contribution >= 4 is 21.5 Å². The standard InChI is InChI=1S/C17H21N5O5S/c1-20(2)16-9-10-17(19-18-16)27-14-4-3-11-21(12-14)28(25,26)15-7-5-13(6-8-15)22(23)24/h5-10,14H,3-4,11-12H2,1-2H3. The lowest BCUT2D eigenvalue weighted by Gasteiger charge is -2.31. The van der Waals surface area contributed by atoms with Crippen LogP contribution in [-0.4, -0.2) is 61.1 Å². The molecule has 10 nitrogen and oxygen atoms in total. The molecule has 1 aromatic heterocycles. The number of benzene rings is 1. The molecular weight excluding hydrogens is 386 g/mol. The molecule has 1 atom stereocenters. The molecule has 150 valence electrons. The van der Waals surface area contributed by atoms with Crippen molar-refractivity contribution in [2.75, 3.05) is 32.1 Å². The number of nitro groups is 1. The van der Waals surface area contributed by atoms with Crippen LogP contribution in [0, 0.1) is 10.1 Å². The minimum atomic E-state index is -3.76. The zero-order chi connectivity index (χ0) is 20.3. The van der Waals surface area contributed by atoms with Crippen LogP contribution in [0.1, 0.15) is 12.8 Å². The third-order valence-corrected chi connectivity index (χ3v) is 6.28. The fourth-order valence-electron chi connectivity index (χ4n) is 2.89. The smallest absolute Gasteiger partial charge is 0.269 e. The molecule has 3 rings (SSSR count). The van der Waals surface area contributed by atoms with E-state index in [1.54, 1.807) is 12.1 Å². The highest BCUT2D eigenvalue weighted by molar-refractivity contribution is 7.89. The van der Waals surface area contributed by atoms with Gasteiger partial charge in [-0.25, -0.2) is 8.42 Å². The number of piperidine rings is 1. The van der Waals surface area contributed by atoms with Gasteiger partial charge in [-0.1, -0.05) is 0 Å². The first-order valence-electron chi connectivity index (χ1n) is 8.69. The van der Waals surface area contributed by atoms with Crippen LogP contribution in [0.5, 0.6) is 5.88 Å². The maximum absolute atomic E-state index is 12.9. The molecule has 1 saturated heterocycles. The molecule has 1 unspecified atom stereocenters. The second kappa shape index (κ2) is 8.07. The van der Waals surface area contributed by atoms with E-state index in [1.807, 2.05) is 19.0 Å². The van der Waals surface area contributed by atoms with Gasteiger partial charge in [0, 0.05) is 38.8 Å². The maximum atomic E-state index is 12.9. The van der Waals surface area contributed by atoms with Crippen molar-refractivity contribution in [1.29, 1.82) is 0 Å². The number of aromatic nitrogens is 2. The molecule has 0 saturated carbocycles. The number of ether oxygens (including phenoxy) is 1. The summed E-state index contributed by atoms with van der Waals surface area (Å²) < 4.78 is 32.9. The Morgan fingerprint density at radius 1 is 1.18 bits per heavy atom. The lowest BCUT2D eigenvalue weighted by atomic mass is 10.1. The van der Waals surface area contributed by atoms with Crippen LogP contribution in [-0.2, 0) is 10.0 Å². The van der Waals surface area contributed by atoms with E-state index in [-0.39, 0.29) is 23.2 Å². The van der Waals surface area contributed by atoms with Gasteiger partial charge in [-0.05, 0) is 31.0 Å². The number of nitro benzene ring substituents is 1. The van der Waals surface area contributed by atoms with Crippen molar-refractivity contribution in [3.63, 3.8) is 0 Å². The van der Waals surface area contributed by atoms with Gasteiger partial charge in [-0.15, -0.1) is 10.2 Å². The Kier molecular flexibility index (Phi) is 5.75. The summed E-state index contributed by atoms with van der Waals surface area (Å²) in [5.41, 5.74) is -0.154. The zero-order valence-corrected chi connectivity index (χ0v) is 16.4. The fourth-order valence-corrected chi connectivity index (χ4v) is 4.40. The Balaban J connectivity index is 1.70. The van der Waals surface area contributed by atoms with E-state index < -0.39 is 14.9 Å². The minimum absolute atomic E-state index is 0.0221. The molecule has 0 spiro atoms. The monoisotopic (exact) mass is 407 g/mol. The van der Waals surface area contributed by atoms with Crippen molar-refractivity contribution in [3.8, 4) is 5.88 Å². The number of rotatable bonds is 6. The molecule has 2 heterocycles. The molecular formula is C17H21N5O5S. The first-order chi connectivity index (χ1) is 13.3. The molecule has 0 N–H and O–H groups in total. The molecule has 28 heavy (non-hydrogen) atoms. The van der Waals surface area contributed by atoms with Gasteiger partial charge in [0.2, 0.25) is 15.9 Å². The Morgan fingerprint density at radius 3 is 2.46 bits per heavy atom. The lowest BCUT2D eigenvalue weighted by Crippen LogP contribution is -2.44. The SMILES string of the molecule is CN(C)c1ccc(OC2CCCN(S(=O)(=O)c3ccc([N+](=O)[O-])cc3)C2)nn1. The fraction of sp³-hybridized carbons (Fsp3) is 0.412. The Bertz CT molecular complexity index is 931. The highest BCUT2D eigenvalue weighted by Crippen LogP contribution is 2.24. The summed E-state index contributed by atoms with van der Waals surface area (Å²) in [6, 6.07) is 8.36. The minimum Gasteiger partial charge on any atom is -0.472 e. The molecule has 0 bridgehead atoms. The predicted molar refractivity (Wildman–Crippen MR) is 102 cm³/mol. The molecule has 0 amide bonds. The number of sulfonamides is 1. The summed E-state index contributed by atoms with van der Waals surface area (Å²) in [6.07, 6.45) is 0.991. The van der Waals surface area contributed by atoms with Crippen LogP contribution in [0.15, 0.2) is 41.3 Å². The van der Waals surface area contributed by atoms with Crippen molar-refractivity contribution in [2.45, 2.75) is 23.8 Å². The van der Waals surface area contributed by atoms with Gasteiger partial charge in [0.1, 0.15) is 6.10 Å². The van der Waals surface area contributed by atoms with Crippen LogP contribution in [0.3, 0.4) is 0 Å². The highest BCUT2D eigenvalue weighted by Gasteiger charge is 2.31.